The molecule has 2 amide bonds. The summed E-state index contributed by atoms with van der Waals surface area (Å²) in [5, 5.41) is 3.06. The van der Waals surface area contributed by atoms with E-state index in [1.165, 1.54) is 6.92 Å². The van der Waals surface area contributed by atoms with Crippen LogP contribution in [0, 0.1) is 6.92 Å². The van der Waals surface area contributed by atoms with E-state index in [4.69, 9.17) is 0 Å². The van der Waals surface area contributed by atoms with E-state index in [0.29, 0.717) is 26.2 Å². The topological polar surface area (TPSA) is 64.6 Å². The van der Waals surface area contributed by atoms with Crippen molar-refractivity contribution >= 4 is 12.0 Å². The Bertz CT molecular complexity index is 667. The monoisotopic (exact) mass is 386 g/mol. The lowest BCUT2D eigenvalue weighted by Crippen LogP contribution is -2.55. The maximum absolute atomic E-state index is 13.0. The van der Waals surface area contributed by atoms with Gasteiger partial charge in [-0.2, -0.15) is 13.2 Å². The van der Waals surface area contributed by atoms with Crippen molar-refractivity contribution in [3.05, 3.63) is 17.5 Å². The van der Waals surface area contributed by atoms with Crippen LogP contribution in [-0.2, 0) is 6.18 Å². The number of carbonyl (C=O) groups is 1. The second-order valence-electron chi connectivity index (χ2n) is 7.19. The number of alkyl halides is 3. The van der Waals surface area contributed by atoms with Crippen molar-refractivity contribution in [3.63, 3.8) is 0 Å². The predicted octanol–water partition coefficient (Wildman–Crippen LogP) is 1.73. The van der Waals surface area contributed by atoms with Gasteiger partial charge in [-0.05, 0) is 46.0 Å². The van der Waals surface area contributed by atoms with E-state index in [1.54, 1.807) is 9.80 Å². The molecule has 1 aromatic rings. The third kappa shape index (κ3) is 5.00. The summed E-state index contributed by atoms with van der Waals surface area (Å²) in [7, 11) is 2.06. The van der Waals surface area contributed by atoms with E-state index in [1.807, 2.05) is 0 Å². The van der Waals surface area contributed by atoms with Crippen molar-refractivity contribution < 1.29 is 18.0 Å². The molecule has 1 N–H and O–H groups in total. The number of amides is 2. The Kier molecular flexibility index (Phi) is 5.73. The van der Waals surface area contributed by atoms with Crippen LogP contribution in [0.15, 0.2) is 6.07 Å². The number of likely N-dealkylation sites (tertiary alicyclic amines) is 1. The number of carbonyl (C=O) groups excluding carboxylic acids is 1. The number of nitrogens with one attached hydrogen (secondary N) is 1. The van der Waals surface area contributed by atoms with Crippen LogP contribution >= 0.6 is 0 Å². The zero-order valence-corrected chi connectivity index (χ0v) is 15.6. The van der Waals surface area contributed by atoms with Gasteiger partial charge in [0.15, 0.2) is 0 Å². The number of urea groups is 1. The minimum atomic E-state index is -4.50. The van der Waals surface area contributed by atoms with Gasteiger partial charge in [-0.15, -0.1) is 0 Å². The maximum Gasteiger partial charge on any atom is 0.433 e. The van der Waals surface area contributed by atoms with Gasteiger partial charge in [-0.1, -0.05) is 0 Å². The summed E-state index contributed by atoms with van der Waals surface area (Å²) in [6.45, 7) is 5.11. The average molecular weight is 386 g/mol. The lowest BCUT2D eigenvalue weighted by molar-refractivity contribution is -0.141. The summed E-state index contributed by atoms with van der Waals surface area (Å²) < 4.78 is 38.9. The fourth-order valence-corrected chi connectivity index (χ4v) is 3.37. The number of piperidine rings is 1. The van der Waals surface area contributed by atoms with Crippen LogP contribution in [0.25, 0.3) is 0 Å². The second kappa shape index (κ2) is 7.87. The Morgan fingerprint density at radius 2 is 1.74 bits per heavy atom. The second-order valence-corrected chi connectivity index (χ2v) is 7.19. The summed E-state index contributed by atoms with van der Waals surface area (Å²) in [6, 6.07) is 1.01. The highest BCUT2D eigenvalue weighted by Gasteiger charge is 2.34. The number of rotatable bonds is 2. The molecule has 0 spiro atoms. The van der Waals surface area contributed by atoms with E-state index in [0.717, 1.165) is 32.0 Å². The van der Waals surface area contributed by atoms with Gasteiger partial charge in [0, 0.05) is 37.9 Å². The van der Waals surface area contributed by atoms with Crippen LogP contribution in [0.4, 0.5) is 23.9 Å². The Morgan fingerprint density at radius 3 is 2.33 bits per heavy atom. The van der Waals surface area contributed by atoms with Crippen LogP contribution in [0.5, 0.6) is 0 Å². The highest BCUT2D eigenvalue weighted by molar-refractivity contribution is 5.74. The summed E-state index contributed by atoms with van der Waals surface area (Å²) >= 11 is 0. The van der Waals surface area contributed by atoms with Gasteiger partial charge in [0.1, 0.15) is 5.69 Å². The van der Waals surface area contributed by atoms with Crippen LogP contribution < -0.4 is 10.2 Å². The molecule has 0 radical (unpaired) electrons. The lowest BCUT2D eigenvalue weighted by atomic mass is 10.1. The Hall–Kier alpha value is -2.10. The van der Waals surface area contributed by atoms with Crippen molar-refractivity contribution in [1.82, 2.24) is 25.1 Å². The van der Waals surface area contributed by atoms with Crippen molar-refractivity contribution in [3.8, 4) is 0 Å². The van der Waals surface area contributed by atoms with E-state index < -0.39 is 11.9 Å². The molecule has 3 heterocycles. The minimum absolute atomic E-state index is 0.0673. The molecule has 0 atom stereocenters. The van der Waals surface area contributed by atoms with E-state index in [-0.39, 0.29) is 23.7 Å². The lowest BCUT2D eigenvalue weighted by Gasteiger charge is -2.36. The molecule has 0 aliphatic carbocycles. The molecular formula is C17H25F3N6O. The Labute approximate surface area is 156 Å². The van der Waals surface area contributed by atoms with Crippen LogP contribution in [-0.4, -0.2) is 78.2 Å². The number of hydrogen-bond acceptors (Lipinski definition) is 5. The van der Waals surface area contributed by atoms with Crippen LogP contribution in [0.1, 0.15) is 24.2 Å². The third-order valence-electron chi connectivity index (χ3n) is 5.03. The Balaban J connectivity index is 1.56. The molecule has 1 aromatic heterocycles. The predicted molar refractivity (Wildman–Crippen MR) is 94.6 cm³/mol. The summed E-state index contributed by atoms with van der Waals surface area (Å²) in [6.07, 6.45) is -2.64. The standard InChI is InChI=1S/C17H25F3N6O/c1-12-11-14(17(18,19)20)23-15(21-12)25-7-9-26(10-8-25)16(27)22-13-3-5-24(2)6-4-13/h11,13H,3-10H2,1-2H3,(H,22,27). The van der Waals surface area contributed by atoms with Gasteiger partial charge in [0.25, 0.3) is 0 Å². The number of nitrogens with zero attached hydrogens (tertiary/aromatic N) is 5. The zero-order chi connectivity index (χ0) is 19.6. The third-order valence-corrected chi connectivity index (χ3v) is 5.03. The largest absolute Gasteiger partial charge is 0.433 e. The van der Waals surface area contributed by atoms with Crippen LogP contribution in [0.3, 0.4) is 0 Å². The molecule has 0 bridgehead atoms. The molecule has 2 aliphatic rings. The molecule has 27 heavy (non-hydrogen) atoms. The van der Waals surface area contributed by atoms with Crippen molar-refractivity contribution in [2.24, 2.45) is 0 Å². The number of halogens is 3. The molecule has 2 aliphatic heterocycles. The van der Waals surface area contributed by atoms with Crippen LogP contribution in [0.2, 0.25) is 0 Å². The average Bonchev–Trinajstić information content (AvgIpc) is 2.62. The number of aryl methyl sites for hydroxylation is 1. The van der Waals surface area contributed by atoms with Crippen molar-refractivity contribution in [1.29, 1.82) is 0 Å². The van der Waals surface area contributed by atoms with E-state index in [9.17, 15) is 18.0 Å². The highest BCUT2D eigenvalue weighted by atomic mass is 19.4. The normalized spacial score (nSPS) is 20.0. The quantitative estimate of drug-likeness (QED) is 0.839. The minimum Gasteiger partial charge on any atom is -0.337 e. The van der Waals surface area contributed by atoms with E-state index >= 15 is 0 Å². The van der Waals surface area contributed by atoms with Crippen molar-refractivity contribution in [2.75, 3.05) is 51.2 Å². The van der Waals surface area contributed by atoms with Gasteiger partial charge in [0.05, 0.1) is 0 Å². The Morgan fingerprint density at radius 1 is 1.11 bits per heavy atom. The first-order valence-electron chi connectivity index (χ1n) is 9.14. The molecule has 10 heteroatoms. The van der Waals surface area contributed by atoms with Gasteiger partial charge in [-0.3, -0.25) is 0 Å². The van der Waals surface area contributed by atoms with E-state index in [2.05, 4.69) is 27.2 Å². The zero-order valence-electron chi connectivity index (χ0n) is 15.6. The van der Waals surface area contributed by atoms with Gasteiger partial charge >= 0.3 is 12.2 Å². The molecule has 150 valence electrons. The number of aromatic nitrogens is 2. The molecular weight excluding hydrogens is 361 g/mol. The molecule has 2 fully saturated rings. The number of hydrogen-bond donors (Lipinski definition) is 1. The molecule has 0 saturated carbocycles. The summed E-state index contributed by atoms with van der Waals surface area (Å²) in [5.74, 6) is 0.0673. The fourth-order valence-electron chi connectivity index (χ4n) is 3.37. The first kappa shape index (κ1) is 19.7. The first-order chi connectivity index (χ1) is 12.7. The molecule has 0 unspecified atom stereocenters. The fraction of sp³-hybridized carbons (Fsp3) is 0.706. The molecule has 3 rings (SSSR count). The molecule has 2 saturated heterocycles. The summed E-state index contributed by atoms with van der Waals surface area (Å²) in [4.78, 5) is 25.9. The summed E-state index contributed by atoms with van der Waals surface area (Å²) in [5.41, 5.74) is -0.665. The van der Waals surface area contributed by atoms with Gasteiger partial charge < -0.3 is 20.0 Å². The SMILES string of the molecule is Cc1cc(C(F)(F)F)nc(N2CCN(C(=O)NC3CCN(C)CC3)CC2)n1. The highest BCUT2D eigenvalue weighted by Crippen LogP contribution is 2.29. The van der Waals surface area contributed by atoms with Crippen molar-refractivity contribution in [2.45, 2.75) is 32.0 Å². The van der Waals surface area contributed by atoms with Gasteiger partial charge in [0.2, 0.25) is 5.95 Å². The van der Waals surface area contributed by atoms with Gasteiger partial charge in [-0.25, -0.2) is 14.8 Å². The number of anilines is 1. The molecule has 0 aromatic carbocycles. The maximum atomic E-state index is 13.0. The smallest absolute Gasteiger partial charge is 0.337 e. The first-order valence-corrected chi connectivity index (χ1v) is 9.14. The molecule has 7 nitrogen and oxygen atoms in total. The number of piperazine rings is 1.